The van der Waals surface area contributed by atoms with Crippen LogP contribution in [0.4, 0.5) is 13.2 Å². The largest absolute Gasteiger partial charge is 0.417 e. The fraction of sp³-hybridized carbons (Fsp3) is 0.222. The van der Waals surface area contributed by atoms with Gasteiger partial charge < -0.3 is 0 Å². The highest BCUT2D eigenvalue weighted by Crippen LogP contribution is 2.39. The van der Waals surface area contributed by atoms with Gasteiger partial charge in [0.25, 0.3) is 0 Å². The van der Waals surface area contributed by atoms with E-state index in [1.807, 2.05) is 0 Å². The molecule has 1 nitrogen and oxygen atoms in total. The van der Waals surface area contributed by atoms with Crippen molar-refractivity contribution in [2.24, 2.45) is 0 Å². The molecule has 0 N–H and O–H groups in total. The molecule has 0 aliphatic carbocycles. The average molecular weight is 380 g/mol. The molecule has 0 fully saturated rings. The molecular formula is C9H4Br2ClF3O. The molecule has 0 saturated heterocycles. The van der Waals surface area contributed by atoms with Gasteiger partial charge in [0, 0.05) is 10.0 Å². The van der Waals surface area contributed by atoms with Crippen LogP contribution in [0.2, 0.25) is 5.02 Å². The first-order chi connectivity index (χ1) is 7.27. The second-order valence-electron chi connectivity index (χ2n) is 2.87. The van der Waals surface area contributed by atoms with E-state index in [1.165, 1.54) is 6.07 Å². The SMILES string of the molecule is O=C(CBr)c1cc(Cl)c(Br)c(C(F)(F)F)c1. The van der Waals surface area contributed by atoms with Crippen LogP contribution >= 0.6 is 43.5 Å². The van der Waals surface area contributed by atoms with Gasteiger partial charge in [-0.25, -0.2) is 0 Å². The van der Waals surface area contributed by atoms with Gasteiger partial charge in [-0.05, 0) is 28.1 Å². The summed E-state index contributed by atoms with van der Waals surface area (Å²) in [4.78, 5) is 11.3. The fourth-order valence-corrected chi connectivity index (χ4v) is 2.03. The molecule has 0 radical (unpaired) electrons. The highest BCUT2D eigenvalue weighted by molar-refractivity contribution is 9.10. The van der Waals surface area contributed by atoms with Crippen LogP contribution in [-0.2, 0) is 6.18 Å². The zero-order valence-corrected chi connectivity index (χ0v) is 11.5. The average Bonchev–Trinajstić information content (AvgIpc) is 2.18. The van der Waals surface area contributed by atoms with Crippen LogP contribution in [0, 0.1) is 0 Å². The molecule has 0 aromatic heterocycles. The molecule has 1 aromatic rings. The predicted octanol–water partition coefficient (Wildman–Crippen LogP) is 4.70. The molecule has 0 unspecified atom stereocenters. The molecule has 0 saturated carbocycles. The number of ketones is 1. The van der Waals surface area contributed by atoms with Gasteiger partial charge in [0.2, 0.25) is 0 Å². The van der Waals surface area contributed by atoms with Crippen LogP contribution < -0.4 is 0 Å². The van der Waals surface area contributed by atoms with Crippen molar-refractivity contribution < 1.29 is 18.0 Å². The summed E-state index contributed by atoms with van der Waals surface area (Å²) in [6.07, 6.45) is -4.55. The van der Waals surface area contributed by atoms with Crippen LogP contribution in [0.3, 0.4) is 0 Å². The molecule has 1 aromatic carbocycles. The van der Waals surface area contributed by atoms with Crippen molar-refractivity contribution in [3.8, 4) is 0 Å². The van der Waals surface area contributed by atoms with Crippen LogP contribution in [0.5, 0.6) is 0 Å². The number of Topliss-reactive ketones (excluding diaryl/α,β-unsaturated/α-hetero) is 1. The zero-order valence-electron chi connectivity index (χ0n) is 7.54. The third-order valence-electron chi connectivity index (χ3n) is 1.78. The van der Waals surface area contributed by atoms with Crippen molar-refractivity contribution in [1.82, 2.24) is 0 Å². The van der Waals surface area contributed by atoms with E-state index < -0.39 is 17.5 Å². The first-order valence-electron chi connectivity index (χ1n) is 3.92. The minimum absolute atomic E-state index is 0.0533. The Bertz CT molecular complexity index is 431. The Labute approximate surface area is 111 Å². The van der Waals surface area contributed by atoms with Crippen LogP contribution in [0.25, 0.3) is 0 Å². The lowest BCUT2D eigenvalue weighted by atomic mass is 10.1. The number of alkyl halides is 4. The maximum Gasteiger partial charge on any atom is 0.417 e. The summed E-state index contributed by atoms with van der Waals surface area (Å²) in [5.74, 6) is -0.458. The van der Waals surface area contributed by atoms with Gasteiger partial charge in [-0.15, -0.1) is 0 Å². The molecule has 0 amide bonds. The van der Waals surface area contributed by atoms with Crippen LogP contribution in [0.1, 0.15) is 15.9 Å². The van der Waals surface area contributed by atoms with Gasteiger partial charge in [0.05, 0.1) is 15.9 Å². The maximum absolute atomic E-state index is 12.6. The van der Waals surface area contributed by atoms with E-state index >= 15 is 0 Å². The molecular weight excluding hydrogens is 376 g/mol. The van der Waals surface area contributed by atoms with Crippen molar-refractivity contribution in [1.29, 1.82) is 0 Å². The van der Waals surface area contributed by atoms with E-state index in [1.54, 1.807) is 0 Å². The maximum atomic E-state index is 12.6. The topological polar surface area (TPSA) is 17.1 Å². The highest BCUT2D eigenvalue weighted by Gasteiger charge is 2.34. The van der Waals surface area contributed by atoms with Crippen molar-refractivity contribution >= 4 is 49.2 Å². The Morgan fingerprint density at radius 3 is 2.38 bits per heavy atom. The van der Waals surface area contributed by atoms with E-state index in [9.17, 15) is 18.0 Å². The second kappa shape index (κ2) is 5.06. The van der Waals surface area contributed by atoms with Gasteiger partial charge in [-0.1, -0.05) is 27.5 Å². The first-order valence-corrected chi connectivity index (χ1v) is 6.22. The number of hydrogen-bond donors (Lipinski definition) is 0. The summed E-state index contributed by atoms with van der Waals surface area (Å²) in [5.41, 5.74) is -1.03. The summed E-state index contributed by atoms with van der Waals surface area (Å²) in [5, 5.41) is -0.193. The van der Waals surface area contributed by atoms with E-state index in [-0.39, 0.29) is 20.4 Å². The number of hydrogen-bond acceptors (Lipinski definition) is 1. The lowest BCUT2D eigenvalue weighted by molar-refractivity contribution is -0.138. The summed E-state index contributed by atoms with van der Waals surface area (Å²) in [6.45, 7) is 0. The van der Waals surface area contributed by atoms with Crippen molar-refractivity contribution in [3.63, 3.8) is 0 Å². The normalized spacial score (nSPS) is 11.6. The zero-order chi connectivity index (χ0) is 12.5. The summed E-state index contributed by atoms with van der Waals surface area (Å²) >= 11 is 11.2. The Hall–Kier alpha value is -0.0700. The Balaban J connectivity index is 3.39. The molecule has 0 aliphatic rings. The summed E-state index contributed by atoms with van der Waals surface area (Å²) in [6, 6.07) is 1.98. The molecule has 1 rings (SSSR count). The van der Waals surface area contributed by atoms with E-state index in [0.717, 1.165) is 6.07 Å². The lowest BCUT2D eigenvalue weighted by Gasteiger charge is -2.11. The number of rotatable bonds is 2. The number of carbonyl (C=O) groups is 1. The molecule has 0 aliphatic heterocycles. The standard InChI is InChI=1S/C9H4Br2ClF3O/c10-3-7(16)4-1-5(9(13,14)15)8(11)6(12)2-4/h1-2H,3H2. The van der Waals surface area contributed by atoms with Crippen molar-refractivity contribution in [2.45, 2.75) is 6.18 Å². The van der Waals surface area contributed by atoms with Gasteiger partial charge in [0.15, 0.2) is 5.78 Å². The van der Waals surface area contributed by atoms with Gasteiger partial charge >= 0.3 is 6.18 Å². The van der Waals surface area contributed by atoms with Crippen LogP contribution in [-0.4, -0.2) is 11.1 Å². The molecule has 0 atom stereocenters. The molecule has 16 heavy (non-hydrogen) atoms. The quantitative estimate of drug-likeness (QED) is 0.537. The van der Waals surface area contributed by atoms with Gasteiger partial charge in [-0.2, -0.15) is 13.2 Å². The number of benzene rings is 1. The minimum atomic E-state index is -4.55. The summed E-state index contributed by atoms with van der Waals surface area (Å²) in [7, 11) is 0. The Kier molecular flexibility index (Phi) is 4.42. The van der Waals surface area contributed by atoms with Gasteiger partial charge in [-0.3, -0.25) is 4.79 Å². The number of halogens is 6. The van der Waals surface area contributed by atoms with E-state index in [0.29, 0.717) is 0 Å². The first kappa shape index (κ1) is 14.0. The molecule has 0 bridgehead atoms. The third-order valence-corrected chi connectivity index (χ3v) is 3.67. The minimum Gasteiger partial charge on any atom is -0.293 e. The highest BCUT2D eigenvalue weighted by atomic mass is 79.9. The monoisotopic (exact) mass is 378 g/mol. The van der Waals surface area contributed by atoms with Crippen LogP contribution in [0.15, 0.2) is 16.6 Å². The molecule has 0 spiro atoms. The Morgan fingerprint density at radius 1 is 1.38 bits per heavy atom. The smallest absolute Gasteiger partial charge is 0.293 e. The molecule has 0 heterocycles. The Morgan fingerprint density at radius 2 is 1.94 bits per heavy atom. The van der Waals surface area contributed by atoms with E-state index in [2.05, 4.69) is 31.9 Å². The second-order valence-corrected chi connectivity index (χ2v) is 4.64. The molecule has 7 heteroatoms. The lowest BCUT2D eigenvalue weighted by Crippen LogP contribution is -2.09. The molecule has 88 valence electrons. The van der Waals surface area contributed by atoms with Gasteiger partial charge in [0.1, 0.15) is 0 Å². The van der Waals surface area contributed by atoms with E-state index in [4.69, 9.17) is 11.6 Å². The van der Waals surface area contributed by atoms with Crippen molar-refractivity contribution in [2.75, 3.05) is 5.33 Å². The third kappa shape index (κ3) is 2.99. The predicted molar refractivity (Wildman–Crippen MR) is 62.3 cm³/mol. The fourth-order valence-electron chi connectivity index (χ4n) is 1.03. The summed E-state index contributed by atoms with van der Waals surface area (Å²) < 4.78 is 37.4. The number of carbonyl (C=O) groups excluding carboxylic acids is 1. The van der Waals surface area contributed by atoms with Crippen molar-refractivity contribution in [3.05, 3.63) is 32.8 Å².